The summed E-state index contributed by atoms with van der Waals surface area (Å²) in [5.74, 6) is -0.847. The molecule has 0 bridgehead atoms. The Kier molecular flexibility index (Phi) is 4.51. The summed E-state index contributed by atoms with van der Waals surface area (Å²) in [7, 11) is 0. The number of rotatable bonds is 5. The second kappa shape index (κ2) is 6.91. The van der Waals surface area contributed by atoms with Crippen LogP contribution in [0.1, 0.15) is 21.6 Å². The minimum Gasteiger partial charge on any atom is -0.456 e. The van der Waals surface area contributed by atoms with Crippen LogP contribution in [0.2, 0.25) is 0 Å². The molecule has 3 rings (SSSR count). The van der Waals surface area contributed by atoms with Gasteiger partial charge in [-0.25, -0.2) is 9.59 Å². The molecule has 0 radical (unpaired) electrons. The molecular weight excluding hydrogens is 310 g/mol. The Morgan fingerprint density at radius 2 is 1.96 bits per heavy atom. The van der Waals surface area contributed by atoms with Crippen molar-refractivity contribution in [1.29, 1.82) is 0 Å². The van der Waals surface area contributed by atoms with Gasteiger partial charge in [0, 0.05) is 6.20 Å². The largest absolute Gasteiger partial charge is 0.456 e. The molecule has 24 heavy (non-hydrogen) atoms. The van der Waals surface area contributed by atoms with E-state index in [2.05, 4.69) is 10.3 Å². The van der Waals surface area contributed by atoms with Crippen LogP contribution in [-0.2, 0) is 22.7 Å². The number of carbonyl (C=O) groups excluding carboxylic acids is 3. The number of imide groups is 1. The SMILES string of the molecule is O=C(OCc1ccccn1)c1ccccc1CN1C(=O)CNC1=O. The summed E-state index contributed by atoms with van der Waals surface area (Å²) >= 11 is 0. The molecule has 0 unspecified atom stereocenters. The fraction of sp³-hybridized carbons (Fsp3) is 0.176. The Labute approximate surface area is 138 Å². The predicted octanol–water partition coefficient (Wildman–Crippen LogP) is 1.49. The molecule has 0 atom stereocenters. The molecule has 2 aromatic rings. The van der Waals surface area contributed by atoms with Gasteiger partial charge in [0.25, 0.3) is 0 Å². The smallest absolute Gasteiger partial charge is 0.338 e. The normalized spacial score (nSPS) is 13.8. The van der Waals surface area contributed by atoms with Crippen LogP contribution in [0.3, 0.4) is 0 Å². The molecule has 0 spiro atoms. The highest BCUT2D eigenvalue weighted by Gasteiger charge is 2.29. The third-order valence-electron chi connectivity index (χ3n) is 3.58. The molecular formula is C17H15N3O4. The predicted molar refractivity (Wildman–Crippen MR) is 83.7 cm³/mol. The minimum absolute atomic E-state index is 0.0227. The zero-order chi connectivity index (χ0) is 16.9. The first-order valence-electron chi connectivity index (χ1n) is 7.38. The molecule has 1 fully saturated rings. The number of hydrogen-bond acceptors (Lipinski definition) is 5. The van der Waals surface area contributed by atoms with E-state index in [1.165, 1.54) is 0 Å². The highest BCUT2D eigenvalue weighted by molar-refractivity contribution is 6.02. The van der Waals surface area contributed by atoms with Gasteiger partial charge >= 0.3 is 12.0 Å². The van der Waals surface area contributed by atoms with Crippen LogP contribution >= 0.6 is 0 Å². The summed E-state index contributed by atoms with van der Waals surface area (Å²) in [6, 6.07) is 11.6. The zero-order valence-electron chi connectivity index (χ0n) is 12.8. The first kappa shape index (κ1) is 15.7. The van der Waals surface area contributed by atoms with Gasteiger partial charge in [-0.15, -0.1) is 0 Å². The number of ether oxygens (including phenoxy) is 1. The van der Waals surface area contributed by atoms with E-state index in [0.717, 1.165) is 4.90 Å². The van der Waals surface area contributed by atoms with Gasteiger partial charge in [0.05, 0.1) is 24.3 Å². The van der Waals surface area contributed by atoms with Crippen LogP contribution in [0, 0.1) is 0 Å². The third-order valence-corrected chi connectivity index (χ3v) is 3.58. The maximum atomic E-state index is 12.3. The van der Waals surface area contributed by atoms with Crippen molar-refractivity contribution in [2.24, 2.45) is 0 Å². The lowest BCUT2D eigenvalue weighted by Crippen LogP contribution is -2.31. The number of pyridine rings is 1. The van der Waals surface area contributed by atoms with Gasteiger partial charge < -0.3 is 10.1 Å². The molecule has 122 valence electrons. The summed E-state index contributed by atoms with van der Waals surface area (Å²) < 4.78 is 5.27. The summed E-state index contributed by atoms with van der Waals surface area (Å²) in [6.45, 7) is 0.0573. The molecule has 7 heteroatoms. The molecule has 0 aliphatic carbocycles. The number of nitrogens with zero attached hydrogens (tertiary/aromatic N) is 2. The van der Waals surface area contributed by atoms with Gasteiger partial charge in [-0.1, -0.05) is 24.3 Å². The Balaban J connectivity index is 1.72. The van der Waals surface area contributed by atoms with Crippen molar-refractivity contribution in [3.05, 3.63) is 65.5 Å². The lowest BCUT2D eigenvalue weighted by molar-refractivity contribution is -0.125. The van der Waals surface area contributed by atoms with Gasteiger partial charge in [0.1, 0.15) is 6.61 Å². The number of urea groups is 1. The number of carbonyl (C=O) groups is 3. The maximum absolute atomic E-state index is 12.3. The van der Waals surface area contributed by atoms with Gasteiger partial charge in [-0.05, 0) is 23.8 Å². The standard InChI is InChI=1S/C17H15N3O4/c21-15-9-19-17(23)20(15)10-12-5-1-2-7-14(12)16(22)24-11-13-6-3-4-8-18-13/h1-8H,9-11H2,(H,19,23). The number of hydrogen-bond donors (Lipinski definition) is 1. The lowest BCUT2D eigenvalue weighted by atomic mass is 10.1. The highest BCUT2D eigenvalue weighted by Crippen LogP contribution is 2.15. The van der Waals surface area contributed by atoms with E-state index < -0.39 is 12.0 Å². The molecule has 2 heterocycles. The summed E-state index contributed by atoms with van der Waals surface area (Å²) in [5, 5.41) is 2.45. The fourth-order valence-corrected chi connectivity index (χ4v) is 2.34. The highest BCUT2D eigenvalue weighted by atomic mass is 16.5. The molecule has 0 saturated carbocycles. The monoisotopic (exact) mass is 325 g/mol. The van der Waals surface area contributed by atoms with Crippen LogP contribution in [0.25, 0.3) is 0 Å². The molecule has 1 aliphatic heterocycles. The Hall–Kier alpha value is -3.22. The van der Waals surface area contributed by atoms with E-state index in [4.69, 9.17) is 4.74 Å². The number of nitrogens with one attached hydrogen (secondary N) is 1. The molecule has 1 aromatic carbocycles. The molecule has 1 aliphatic rings. The summed E-state index contributed by atoms with van der Waals surface area (Å²) in [6.07, 6.45) is 1.62. The topological polar surface area (TPSA) is 88.6 Å². The fourth-order valence-electron chi connectivity index (χ4n) is 2.34. The van der Waals surface area contributed by atoms with Crippen LogP contribution in [0.4, 0.5) is 4.79 Å². The van der Waals surface area contributed by atoms with Crippen molar-refractivity contribution in [3.8, 4) is 0 Å². The molecule has 1 saturated heterocycles. The Morgan fingerprint density at radius 1 is 1.17 bits per heavy atom. The van der Waals surface area contributed by atoms with Crippen molar-refractivity contribution in [3.63, 3.8) is 0 Å². The number of amides is 3. The Morgan fingerprint density at radius 3 is 2.67 bits per heavy atom. The molecule has 3 amide bonds. The number of benzene rings is 1. The van der Waals surface area contributed by atoms with Crippen molar-refractivity contribution < 1.29 is 19.1 Å². The number of aromatic nitrogens is 1. The summed E-state index contributed by atoms with van der Waals surface area (Å²) in [4.78, 5) is 40.8. The van der Waals surface area contributed by atoms with E-state index >= 15 is 0 Å². The van der Waals surface area contributed by atoms with Crippen molar-refractivity contribution in [1.82, 2.24) is 15.2 Å². The van der Waals surface area contributed by atoms with Gasteiger partial charge in [-0.2, -0.15) is 0 Å². The second-order valence-corrected chi connectivity index (χ2v) is 5.19. The third kappa shape index (κ3) is 3.40. The van der Waals surface area contributed by atoms with Crippen molar-refractivity contribution in [2.75, 3.05) is 6.54 Å². The first-order valence-corrected chi connectivity index (χ1v) is 7.38. The Bertz CT molecular complexity index is 760. The average molecular weight is 325 g/mol. The zero-order valence-corrected chi connectivity index (χ0v) is 12.8. The van der Waals surface area contributed by atoms with Crippen molar-refractivity contribution >= 4 is 17.9 Å². The van der Waals surface area contributed by atoms with Crippen molar-refractivity contribution in [2.45, 2.75) is 13.2 Å². The van der Waals surface area contributed by atoms with Crippen LogP contribution in [0.15, 0.2) is 48.7 Å². The first-order chi connectivity index (χ1) is 11.6. The van der Waals surface area contributed by atoms with E-state index in [1.54, 1.807) is 42.6 Å². The van der Waals surface area contributed by atoms with Crippen LogP contribution in [0.5, 0.6) is 0 Å². The van der Waals surface area contributed by atoms with E-state index in [9.17, 15) is 14.4 Å². The van der Waals surface area contributed by atoms with Gasteiger partial charge in [0.15, 0.2) is 0 Å². The summed E-state index contributed by atoms with van der Waals surface area (Å²) in [5.41, 5.74) is 1.51. The van der Waals surface area contributed by atoms with Gasteiger partial charge in [-0.3, -0.25) is 14.7 Å². The number of esters is 1. The van der Waals surface area contributed by atoms with Gasteiger partial charge in [0.2, 0.25) is 5.91 Å². The molecule has 1 N–H and O–H groups in total. The van der Waals surface area contributed by atoms with E-state index in [0.29, 0.717) is 16.8 Å². The second-order valence-electron chi connectivity index (χ2n) is 5.19. The van der Waals surface area contributed by atoms with Crippen LogP contribution in [-0.4, -0.2) is 34.3 Å². The minimum atomic E-state index is -0.525. The lowest BCUT2D eigenvalue weighted by Gasteiger charge is -2.15. The van der Waals surface area contributed by atoms with E-state index in [1.807, 2.05) is 6.07 Å². The van der Waals surface area contributed by atoms with Crippen LogP contribution < -0.4 is 5.32 Å². The maximum Gasteiger partial charge on any atom is 0.338 e. The average Bonchev–Trinajstić information content (AvgIpc) is 2.93. The molecule has 7 nitrogen and oxygen atoms in total. The molecule has 1 aromatic heterocycles. The quantitative estimate of drug-likeness (QED) is 0.664. The van der Waals surface area contributed by atoms with E-state index in [-0.39, 0.29) is 25.6 Å².